The number of nitrogens with one attached hydrogen (secondary N) is 1. The summed E-state index contributed by atoms with van der Waals surface area (Å²) in [5, 5.41) is 2.83. The average molecular weight is 305 g/mol. The van der Waals surface area contributed by atoms with Crippen LogP contribution in [-0.2, 0) is 9.59 Å². The standard InChI is InChI=1S/C16H23N3O3/c1-3-5-15(20)19-9-4-6-13(19)16(21)18-11-7-8-14(22-2)12(17)10-11/h7-8,10,13H,3-6,9,17H2,1-2H3,(H,18,21). The first-order chi connectivity index (χ1) is 10.6. The minimum Gasteiger partial charge on any atom is -0.495 e. The van der Waals surface area contributed by atoms with Gasteiger partial charge in [-0.15, -0.1) is 0 Å². The van der Waals surface area contributed by atoms with Crippen molar-refractivity contribution in [3.8, 4) is 5.75 Å². The van der Waals surface area contributed by atoms with Gasteiger partial charge in [0.2, 0.25) is 11.8 Å². The predicted octanol–water partition coefficient (Wildman–Crippen LogP) is 2.01. The van der Waals surface area contributed by atoms with Crippen LogP contribution >= 0.6 is 0 Å². The van der Waals surface area contributed by atoms with E-state index in [2.05, 4.69) is 5.32 Å². The van der Waals surface area contributed by atoms with E-state index in [0.29, 0.717) is 36.5 Å². The number of nitrogens with two attached hydrogens (primary N) is 1. The van der Waals surface area contributed by atoms with E-state index in [-0.39, 0.29) is 17.9 Å². The van der Waals surface area contributed by atoms with Gasteiger partial charge in [0, 0.05) is 18.7 Å². The number of methoxy groups -OCH3 is 1. The molecule has 0 aromatic heterocycles. The number of anilines is 2. The van der Waals surface area contributed by atoms with Crippen molar-refractivity contribution in [2.75, 3.05) is 24.7 Å². The minimum atomic E-state index is -0.387. The van der Waals surface area contributed by atoms with Crippen LogP contribution in [0.5, 0.6) is 5.75 Å². The van der Waals surface area contributed by atoms with Crippen molar-refractivity contribution >= 4 is 23.2 Å². The molecule has 0 bridgehead atoms. The molecule has 1 unspecified atom stereocenters. The summed E-state index contributed by atoms with van der Waals surface area (Å²) in [6, 6.07) is 4.71. The second-order valence-corrected chi connectivity index (χ2v) is 5.44. The molecule has 0 aliphatic carbocycles. The van der Waals surface area contributed by atoms with Gasteiger partial charge in [-0.2, -0.15) is 0 Å². The number of carbonyl (C=O) groups is 2. The molecular formula is C16H23N3O3. The van der Waals surface area contributed by atoms with Gasteiger partial charge < -0.3 is 20.7 Å². The van der Waals surface area contributed by atoms with E-state index in [1.807, 2.05) is 6.92 Å². The number of nitrogen functional groups attached to an aromatic ring is 1. The van der Waals surface area contributed by atoms with Crippen molar-refractivity contribution in [3.63, 3.8) is 0 Å². The van der Waals surface area contributed by atoms with Crippen LogP contribution in [0.3, 0.4) is 0 Å². The first kappa shape index (κ1) is 16.1. The maximum atomic E-state index is 12.4. The fourth-order valence-corrected chi connectivity index (χ4v) is 2.73. The van der Waals surface area contributed by atoms with E-state index < -0.39 is 0 Å². The van der Waals surface area contributed by atoms with Gasteiger partial charge in [0.05, 0.1) is 12.8 Å². The number of carbonyl (C=O) groups excluding carboxylic acids is 2. The lowest BCUT2D eigenvalue weighted by atomic mass is 10.2. The molecule has 0 spiro atoms. The molecule has 1 aromatic carbocycles. The Morgan fingerprint density at radius 3 is 2.86 bits per heavy atom. The highest BCUT2D eigenvalue weighted by molar-refractivity contribution is 5.98. The summed E-state index contributed by atoms with van der Waals surface area (Å²) in [5.74, 6) is 0.458. The van der Waals surface area contributed by atoms with E-state index in [4.69, 9.17) is 10.5 Å². The molecule has 1 aromatic rings. The second-order valence-electron chi connectivity index (χ2n) is 5.44. The monoisotopic (exact) mass is 305 g/mol. The Kier molecular flexibility index (Phi) is 5.25. The maximum absolute atomic E-state index is 12.4. The third-order valence-corrected chi connectivity index (χ3v) is 3.84. The first-order valence-corrected chi connectivity index (χ1v) is 7.60. The summed E-state index contributed by atoms with van der Waals surface area (Å²) >= 11 is 0. The lowest BCUT2D eigenvalue weighted by Crippen LogP contribution is -2.43. The highest BCUT2D eigenvalue weighted by Gasteiger charge is 2.33. The molecule has 120 valence electrons. The summed E-state index contributed by atoms with van der Waals surface area (Å²) in [5.41, 5.74) is 6.91. The fourth-order valence-electron chi connectivity index (χ4n) is 2.73. The zero-order valence-electron chi connectivity index (χ0n) is 13.1. The smallest absolute Gasteiger partial charge is 0.247 e. The molecule has 1 fully saturated rings. The third-order valence-electron chi connectivity index (χ3n) is 3.84. The molecule has 1 heterocycles. The molecule has 6 nitrogen and oxygen atoms in total. The van der Waals surface area contributed by atoms with E-state index >= 15 is 0 Å². The zero-order valence-corrected chi connectivity index (χ0v) is 13.1. The average Bonchev–Trinajstić information content (AvgIpc) is 2.97. The number of likely N-dealkylation sites (tertiary alicyclic amines) is 1. The van der Waals surface area contributed by atoms with Gasteiger partial charge in [0.1, 0.15) is 11.8 Å². The molecule has 1 aliphatic heterocycles. The van der Waals surface area contributed by atoms with Crippen molar-refractivity contribution in [3.05, 3.63) is 18.2 Å². The third kappa shape index (κ3) is 3.50. The molecule has 2 amide bonds. The quantitative estimate of drug-likeness (QED) is 0.815. The summed E-state index contributed by atoms with van der Waals surface area (Å²) < 4.78 is 5.09. The Hall–Kier alpha value is -2.24. The zero-order chi connectivity index (χ0) is 16.1. The Morgan fingerprint density at radius 2 is 2.23 bits per heavy atom. The molecule has 1 aliphatic rings. The Balaban J connectivity index is 2.05. The summed E-state index contributed by atoms with van der Waals surface area (Å²) in [6.45, 7) is 2.62. The molecule has 3 N–H and O–H groups in total. The second kappa shape index (κ2) is 7.15. The Morgan fingerprint density at radius 1 is 1.45 bits per heavy atom. The summed E-state index contributed by atoms with van der Waals surface area (Å²) in [7, 11) is 1.54. The van der Waals surface area contributed by atoms with Crippen molar-refractivity contribution in [2.24, 2.45) is 0 Å². The molecule has 22 heavy (non-hydrogen) atoms. The van der Waals surface area contributed by atoms with E-state index in [9.17, 15) is 9.59 Å². The number of ether oxygens (including phenoxy) is 1. The van der Waals surface area contributed by atoms with Crippen molar-refractivity contribution in [1.29, 1.82) is 0 Å². The molecular weight excluding hydrogens is 282 g/mol. The van der Waals surface area contributed by atoms with Gasteiger partial charge in [-0.1, -0.05) is 6.92 Å². The lowest BCUT2D eigenvalue weighted by molar-refractivity contribution is -0.136. The van der Waals surface area contributed by atoms with Gasteiger partial charge in [-0.3, -0.25) is 9.59 Å². The van der Waals surface area contributed by atoms with Gasteiger partial charge >= 0.3 is 0 Å². The number of benzene rings is 1. The van der Waals surface area contributed by atoms with Crippen LogP contribution in [0.25, 0.3) is 0 Å². The fraction of sp³-hybridized carbons (Fsp3) is 0.500. The molecule has 2 rings (SSSR count). The number of rotatable bonds is 5. The van der Waals surface area contributed by atoms with Gasteiger partial charge in [-0.25, -0.2) is 0 Å². The lowest BCUT2D eigenvalue weighted by Gasteiger charge is -2.24. The molecule has 1 saturated heterocycles. The van der Waals surface area contributed by atoms with Crippen LogP contribution in [0.1, 0.15) is 32.6 Å². The van der Waals surface area contributed by atoms with Crippen molar-refractivity contribution in [2.45, 2.75) is 38.6 Å². The first-order valence-electron chi connectivity index (χ1n) is 7.60. The normalized spacial score (nSPS) is 17.4. The molecule has 0 saturated carbocycles. The van der Waals surface area contributed by atoms with Gasteiger partial charge in [-0.05, 0) is 37.5 Å². The van der Waals surface area contributed by atoms with Crippen LogP contribution in [0.4, 0.5) is 11.4 Å². The van der Waals surface area contributed by atoms with Gasteiger partial charge in [0.25, 0.3) is 0 Å². The number of nitrogens with zero attached hydrogens (tertiary/aromatic N) is 1. The topological polar surface area (TPSA) is 84.7 Å². The Bertz CT molecular complexity index is 560. The number of amides is 2. The van der Waals surface area contributed by atoms with Crippen LogP contribution < -0.4 is 15.8 Å². The summed E-state index contributed by atoms with van der Waals surface area (Å²) in [4.78, 5) is 26.2. The summed E-state index contributed by atoms with van der Waals surface area (Å²) in [6.07, 6.45) is 2.84. The highest BCUT2D eigenvalue weighted by Crippen LogP contribution is 2.26. The van der Waals surface area contributed by atoms with E-state index in [0.717, 1.165) is 12.8 Å². The van der Waals surface area contributed by atoms with Crippen LogP contribution in [0.2, 0.25) is 0 Å². The maximum Gasteiger partial charge on any atom is 0.247 e. The van der Waals surface area contributed by atoms with Crippen LogP contribution in [-0.4, -0.2) is 36.4 Å². The van der Waals surface area contributed by atoms with Crippen molar-refractivity contribution < 1.29 is 14.3 Å². The highest BCUT2D eigenvalue weighted by atomic mass is 16.5. The Labute approximate surface area is 130 Å². The van der Waals surface area contributed by atoms with Crippen LogP contribution in [0.15, 0.2) is 18.2 Å². The largest absolute Gasteiger partial charge is 0.495 e. The van der Waals surface area contributed by atoms with E-state index in [1.54, 1.807) is 30.2 Å². The molecule has 1 atom stereocenters. The van der Waals surface area contributed by atoms with Gasteiger partial charge in [0.15, 0.2) is 0 Å². The SMILES string of the molecule is CCCC(=O)N1CCCC1C(=O)Nc1ccc(OC)c(N)c1. The van der Waals surface area contributed by atoms with Crippen LogP contribution in [0, 0.1) is 0 Å². The van der Waals surface area contributed by atoms with Crippen molar-refractivity contribution in [1.82, 2.24) is 4.90 Å². The number of hydrogen-bond acceptors (Lipinski definition) is 4. The minimum absolute atomic E-state index is 0.0504. The predicted molar refractivity (Wildman–Crippen MR) is 85.7 cm³/mol. The van der Waals surface area contributed by atoms with E-state index in [1.165, 1.54) is 0 Å². The molecule has 6 heteroatoms. The molecule has 0 radical (unpaired) electrons. The number of hydrogen-bond donors (Lipinski definition) is 2.